The average Bonchev–Trinajstić information content (AvgIpc) is 3.44. The summed E-state index contributed by atoms with van der Waals surface area (Å²) in [4.78, 5) is 14.0. The summed E-state index contributed by atoms with van der Waals surface area (Å²) >= 11 is 7.87. The zero-order valence-electron chi connectivity index (χ0n) is 26.0. The zero-order valence-corrected chi connectivity index (χ0v) is 28.4. The molecule has 46 heavy (non-hydrogen) atoms. The number of aromatic nitrogens is 3. The predicted octanol–water partition coefficient (Wildman–Crippen LogP) is 6.53. The smallest absolute Gasteiger partial charge is 0.388 e. The molecule has 1 aromatic heterocycles. The standard InChI is InChI=1S/C33H37ClN4O6S2/c1-4-43-32(40)19-28(24-11-10-22(2)26(18-24)21-37-16-14-31(39)44-46(37,41)42)27-12-13-29-33(23(27)3)35-36-38(29)15-7-17-45-30-9-6-5-8-25(30)20-34/h5-6,8-14,18,28,39H,4,7,15-17,19-21H2,1-3H3. The van der Waals surface area contributed by atoms with Crippen LogP contribution in [0.4, 0.5) is 0 Å². The van der Waals surface area contributed by atoms with Gasteiger partial charge in [-0.2, -0.15) is 12.7 Å². The lowest BCUT2D eigenvalue weighted by Gasteiger charge is -2.25. The number of hydrogen-bond acceptors (Lipinski definition) is 9. The molecule has 0 fully saturated rings. The molecule has 1 aliphatic heterocycles. The highest BCUT2D eigenvalue weighted by Crippen LogP contribution is 2.35. The van der Waals surface area contributed by atoms with Crippen LogP contribution < -0.4 is 0 Å². The summed E-state index contributed by atoms with van der Waals surface area (Å²) in [5.41, 5.74) is 7.11. The first kappa shape index (κ1) is 33.8. The molecule has 5 rings (SSSR count). The number of nitrogens with zero attached hydrogens (tertiary/aromatic N) is 4. The van der Waals surface area contributed by atoms with Gasteiger partial charge in [-0.25, -0.2) is 4.68 Å². The van der Waals surface area contributed by atoms with Crippen molar-refractivity contribution in [3.8, 4) is 0 Å². The lowest BCUT2D eigenvalue weighted by molar-refractivity contribution is -0.143. The Hall–Kier alpha value is -3.58. The molecule has 0 saturated carbocycles. The van der Waals surface area contributed by atoms with Gasteiger partial charge >= 0.3 is 16.3 Å². The lowest BCUT2D eigenvalue weighted by atomic mass is 9.84. The van der Waals surface area contributed by atoms with Gasteiger partial charge in [0.1, 0.15) is 5.52 Å². The van der Waals surface area contributed by atoms with E-state index < -0.39 is 16.2 Å². The first-order valence-electron chi connectivity index (χ1n) is 15.0. The average molecular weight is 685 g/mol. The van der Waals surface area contributed by atoms with E-state index in [0.717, 1.165) is 60.9 Å². The van der Waals surface area contributed by atoms with Crippen LogP contribution in [-0.4, -0.2) is 57.7 Å². The van der Waals surface area contributed by atoms with Gasteiger partial charge < -0.3 is 14.0 Å². The summed E-state index contributed by atoms with van der Waals surface area (Å²) in [5, 5.41) is 18.5. The molecule has 10 nitrogen and oxygen atoms in total. The molecule has 1 unspecified atom stereocenters. The van der Waals surface area contributed by atoms with Crippen LogP contribution in [0, 0.1) is 13.8 Å². The number of carbonyl (C=O) groups is 1. The van der Waals surface area contributed by atoms with E-state index in [1.54, 1.807) is 18.7 Å². The molecule has 1 aliphatic rings. The molecule has 0 amide bonds. The number of alkyl halides is 1. The van der Waals surface area contributed by atoms with Crippen LogP contribution in [0.2, 0.25) is 0 Å². The zero-order chi connectivity index (χ0) is 32.8. The summed E-state index contributed by atoms with van der Waals surface area (Å²) in [5.74, 6) is 0.0539. The third kappa shape index (κ3) is 7.68. The maximum atomic E-state index is 12.9. The molecule has 2 heterocycles. The van der Waals surface area contributed by atoms with E-state index in [2.05, 4.69) is 20.6 Å². The van der Waals surface area contributed by atoms with Crippen molar-refractivity contribution >= 4 is 50.7 Å². The van der Waals surface area contributed by atoms with Crippen LogP contribution in [0.25, 0.3) is 11.0 Å². The van der Waals surface area contributed by atoms with Gasteiger partial charge in [-0.1, -0.05) is 47.7 Å². The van der Waals surface area contributed by atoms with Crippen molar-refractivity contribution in [2.24, 2.45) is 0 Å². The van der Waals surface area contributed by atoms with Crippen LogP contribution in [0.5, 0.6) is 0 Å². The van der Waals surface area contributed by atoms with Gasteiger partial charge in [0.25, 0.3) is 5.95 Å². The summed E-state index contributed by atoms with van der Waals surface area (Å²) in [7, 11) is -4.14. The van der Waals surface area contributed by atoms with E-state index in [0.29, 0.717) is 12.4 Å². The SMILES string of the molecule is CCOC(=O)CC(c1ccc(C)c(CN2CC=C(O)OS2(=O)=O)c1)c1ccc2c(nnn2CCCSc2ccccc2CCl)c1C. The predicted molar refractivity (Wildman–Crippen MR) is 179 cm³/mol. The first-order valence-corrected chi connectivity index (χ1v) is 17.9. The van der Waals surface area contributed by atoms with E-state index >= 15 is 0 Å². The van der Waals surface area contributed by atoms with Crippen molar-refractivity contribution in [3.05, 3.63) is 100.0 Å². The van der Waals surface area contributed by atoms with Crippen molar-refractivity contribution in [2.75, 3.05) is 18.9 Å². The van der Waals surface area contributed by atoms with Crippen LogP contribution in [0.3, 0.4) is 0 Å². The molecule has 0 bridgehead atoms. The third-order valence-electron chi connectivity index (χ3n) is 8.02. The van der Waals surface area contributed by atoms with E-state index in [-0.39, 0.29) is 38.0 Å². The number of rotatable bonds is 13. The Morgan fingerprint density at radius 3 is 2.72 bits per heavy atom. The number of benzene rings is 3. The Kier molecular flexibility index (Phi) is 10.9. The molecule has 0 aliphatic carbocycles. The van der Waals surface area contributed by atoms with Gasteiger partial charge in [0.15, 0.2) is 0 Å². The Labute approximate surface area is 278 Å². The second-order valence-electron chi connectivity index (χ2n) is 11.0. The Balaban J connectivity index is 1.40. The molecule has 3 aromatic carbocycles. The van der Waals surface area contributed by atoms with E-state index in [1.807, 2.05) is 67.1 Å². The molecule has 0 spiro atoms. The number of fused-ring (bicyclic) bond motifs is 1. The summed E-state index contributed by atoms with van der Waals surface area (Å²) in [6.45, 7) is 6.65. The van der Waals surface area contributed by atoms with Gasteiger partial charge in [0.05, 0.1) is 18.5 Å². The monoisotopic (exact) mass is 684 g/mol. The minimum atomic E-state index is -4.14. The van der Waals surface area contributed by atoms with Gasteiger partial charge in [-0.3, -0.25) is 4.79 Å². The molecular formula is C33H37ClN4O6S2. The van der Waals surface area contributed by atoms with Gasteiger partial charge in [-0.15, -0.1) is 28.5 Å². The minimum Gasteiger partial charge on any atom is -0.480 e. The number of aryl methyl sites for hydroxylation is 3. The van der Waals surface area contributed by atoms with E-state index in [4.69, 9.17) is 16.3 Å². The van der Waals surface area contributed by atoms with Crippen LogP contribution in [0.15, 0.2) is 71.5 Å². The quantitative estimate of drug-likeness (QED) is 0.0724. The molecule has 1 atom stereocenters. The number of esters is 1. The van der Waals surface area contributed by atoms with Gasteiger partial charge in [0.2, 0.25) is 0 Å². The molecular weight excluding hydrogens is 648 g/mol. The highest BCUT2D eigenvalue weighted by molar-refractivity contribution is 7.99. The van der Waals surface area contributed by atoms with Crippen molar-refractivity contribution in [1.29, 1.82) is 0 Å². The number of aliphatic hydroxyl groups is 1. The van der Waals surface area contributed by atoms with Crippen molar-refractivity contribution < 1.29 is 27.2 Å². The number of hydrogen-bond donors (Lipinski definition) is 1. The Morgan fingerprint density at radius 2 is 1.96 bits per heavy atom. The number of carbonyl (C=O) groups excluding carboxylic acids is 1. The number of ether oxygens (including phenoxy) is 1. The molecule has 13 heteroatoms. The summed E-state index contributed by atoms with van der Waals surface area (Å²) in [6.07, 6.45) is 2.29. The minimum absolute atomic E-state index is 0.0189. The van der Waals surface area contributed by atoms with E-state index in [1.165, 1.54) is 11.0 Å². The van der Waals surface area contributed by atoms with E-state index in [9.17, 15) is 18.3 Å². The molecule has 0 radical (unpaired) electrons. The molecule has 0 saturated heterocycles. The fourth-order valence-electron chi connectivity index (χ4n) is 5.55. The molecule has 244 valence electrons. The number of thioether (sulfide) groups is 1. The summed E-state index contributed by atoms with van der Waals surface area (Å²) < 4.78 is 38.1. The molecule has 4 aromatic rings. The van der Waals surface area contributed by atoms with Gasteiger partial charge in [-0.05, 0) is 78.5 Å². The number of aliphatic hydroxyl groups excluding tert-OH is 1. The molecule has 1 N–H and O–H groups in total. The lowest BCUT2D eigenvalue weighted by Crippen LogP contribution is -2.35. The fraction of sp³-hybridized carbons (Fsp3) is 0.364. The van der Waals surface area contributed by atoms with Crippen molar-refractivity contribution in [1.82, 2.24) is 19.3 Å². The van der Waals surface area contributed by atoms with Crippen LogP contribution in [0.1, 0.15) is 59.1 Å². The topological polar surface area (TPSA) is 124 Å². The Bertz CT molecular complexity index is 1860. The highest BCUT2D eigenvalue weighted by Gasteiger charge is 2.30. The second kappa shape index (κ2) is 14.9. The second-order valence-corrected chi connectivity index (χ2v) is 14.0. The fourth-order valence-corrected chi connectivity index (χ4v) is 7.80. The maximum Gasteiger partial charge on any atom is 0.388 e. The van der Waals surface area contributed by atoms with Gasteiger partial charge in [0, 0.05) is 42.4 Å². The third-order valence-corrected chi connectivity index (χ3v) is 10.8. The highest BCUT2D eigenvalue weighted by atomic mass is 35.5. The summed E-state index contributed by atoms with van der Waals surface area (Å²) in [6, 6.07) is 18.0. The largest absolute Gasteiger partial charge is 0.480 e. The Morgan fingerprint density at radius 1 is 1.15 bits per heavy atom. The van der Waals surface area contributed by atoms with Crippen LogP contribution in [-0.2, 0) is 43.0 Å². The van der Waals surface area contributed by atoms with Crippen molar-refractivity contribution in [3.63, 3.8) is 0 Å². The van der Waals surface area contributed by atoms with Crippen molar-refractivity contribution in [2.45, 2.75) is 63.4 Å². The first-order chi connectivity index (χ1) is 22.1. The maximum absolute atomic E-state index is 12.9. The normalized spacial score (nSPS) is 15.3. The number of halogens is 1. The van der Waals surface area contributed by atoms with Crippen LogP contribution >= 0.6 is 23.4 Å².